The number of ketones is 1. The standard InChI is InChI=1S/C23H19ClN2O/c24-19-10-6-9-18(15-19)22(27)16-26-14-13-25-23(17-7-2-1-3-8-17)20-11-4-5-12-21(20)26/h1-12,15H,13-14,16H2. The molecule has 1 aliphatic rings. The number of rotatable bonds is 4. The summed E-state index contributed by atoms with van der Waals surface area (Å²) >= 11 is 6.04. The van der Waals surface area contributed by atoms with Crippen molar-refractivity contribution >= 4 is 28.8 Å². The second kappa shape index (κ2) is 7.77. The van der Waals surface area contributed by atoms with Gasteiger partial charge in [0, 0.05) is 33.9 Å². The van der Waals surface area contributed by atoms with Gasteiger partial charge in [-0.3, -0.25) is 9.79 Å². The molecule has 0 aromatic heterocycles. The van der Waals surface area contributed by atoms with Crippen LogP contribution in [0.5, 0.6) is 0 Å². The molecule has 0 aliphatic carbocycles. The fraction of sp³-hybridized carbons (Fsp3) is 0.130. The summed E-state index contributed by atoms with van der Waals surface area (Å²) < 4.78 is 0. The first-order chi connectivity index (χ1) is 13.2. The van der Waals surface area contributed by atoms with Gasteiger partial charge in [0.1, 0.15) is 0 Å². The Balaban J connectivity index is 1.66. The SMILES string of the molecule is O=C(CN1CCN=C(c2ccccc2)c2ccccc21)c1cccc(Cl)c1. The van der Waals surface area contributed by atoms with Gasteiger partial charge in [-0.05, 0) is 18.2 Å². The quantitative estimate of drug-likeness (QED) is 0.609. The van der Waals surface area contributed by atoms with E-state index in [1.807, 2.05) is 42.5 Å². The number of fused-ring (bicyclic) bond motifs is 1. The van der Waals surface area contributed by atoms with Crippen LogP contribution >= 0.6 is 11.6 Å². The van der Waals surface area contributed by atoms with Crippen LogP contribution in [0, 0.1) is 0 Å². The highest BCUT2D eigenvalue weighted by molar-refractivity contribution is 6.31. The molecular weight excluding hydrogens is 356 g/mol. The summed E-state index contributed by atoms with van der Waals surface area (Å²) in [5.74, 6) is 0.0514. The van der Waals surface area contributed by atoms with Crippen LogP contribution in [0.25, 0.3) is 0 Å². The molecule has 3 aromatic carbocycles. The van der Waals surface area contributed by atoms with Gasteiger partial charge in [0.2, 0.25) is 0 Å². The molecule has 0 atom stereocenters. The Morgan fingerprint density at radius 2 is 1.74 bits per heavy atom. The number of carbonyl (C=O) groups is 1. The number of benzodiazepines with no additional fused rings is 1. The fourth-order valence-corrected chi connectivity index (χ4v) is 3.56. The van der Waals surface area contributed by atoms with E-state index < -0.39 is 0 Å². The van der Waals surface area contributed by atoms with E-state index in [1.165, 1.54) is 0 Å². The van der Waals surface area contributed by atoms with E-state index in [1.54, 1.807) is 12.1 Å². The van der Waals surface area contributed by atoms with Crippen molar-refractivity contribution in [3.8, 4) is 0 Å². The normalized spacial score (nSPS) is 13.5. The maximum Gasteiger partial charge on any atom is 0.182 e. The predicted octanol–water partition coefficient (Wildman–Crippen LogP) is 4.88. The van der Waals surface area contributed by atoms with Gasteiger partial charge in [0.15, 0.2) is 5.78 Å². The molecule has 0 spiro atoms. The van der Waals surface area contributed by atoms with Gasteiger partial charge in [-0.25, -0.2) is 0 Å². The number of hydrogen-bond donors (Lipinski definition) is 0. The number of nitrogens with zero attached hydrogens (tertiary/aromatic N) is 2. The molecule has 3 nitrogen and oxygen atoms in total. The first-order valence-corrected chi connectivity index (χ1v) is 9.33. The van der Waals surface area contributed by atoms with Crippen LogP contribution in [-0.2, 0) is 0 Å². The lowest BCUT2D eigenvalue weighted by Gasteiger charge is -2.24. The molecule has 0 fully saturated rings. The fourth-order valence-electron chi connectivity index (χ4n) is 3.37. The number of halogens is 1. The molecule has 0 amide bonds. The van der Waals surface area contributed by atoms with Gasteiger partial charge in [0.25, 0.3) is 0 Å². The van der Waals surface area contributed by atoms with Crippen LogP contribution < -0.4 is 4.90 Å². The molecule has 134 valence electrons. The maximum atomic E-state index is 12.8. The van der Waals surface area contributed by atoms with Crippen LogP contribution in [0.2, 0.25) is 5.02 Å². The minimum Gasteiger partial charge on any atom is -0.361 e. The number of benzene rings is 3. The van der Waals surface area contributed by atoms with E-state index in [0.717, 1.165) is 22.5 Å². The number of para-hydroxylation sites is 1. The van der Waals surface area contributed by atoms with E-state index in [-0.39, 0.29) is 5.78 Å². The highest BCUT2D eigenvalue weighted by Crippen LogP contribution is 2.26. The van der Waals surface area contributed by atoms with Crippen molar-refractivity contribution in [1.29, 1.82) is 0 Å². The van der Waals surface area contributed by atoms with Crippen LogP contribution in [0.4, 0.5) is 5.69 Å². The first-order valence-electron chi connectivity index (χ1n) is 8.95. The van der Waals surface area contributed by atoms with Crippen molar-refractivity contribution in [3.63, 3.8) is 0 Å². The minimum absolute atomic E-state index is 0.0514. The lowest BCUT2D eigenvalue weighted by atomic mass is 10.00. The van der Waals surface area contributed by atoms with Crippen molar-refractivity contribution in [3.05, 3.63) is 101 Å². The molecule has 4 rings (SSSR count). The lowest BCUT2D eigenvalue weighted by Crippen LogP contribution is -2.32. The van der Waals surface area contributed by atoms with Crippen molar-refractivity contribution in [2.45, 2.75) is 0 Å². The Kier molecular flexibility index (Phi) is 5.03. The Morgan fingerprint density at radius 1 is 0.963 bits per heavy atom. The summed E-state index contributed by atoms with van der Waals surface area (Å²) in [5, 5.41) is 0.576. The highest BCUT2D eigenvalue weighted by Gasteiger charge is 2.21. The van der Waals surface area contributed by atoms with Crippen LogP contribution in [0.3, 0.4) is 0 Å². The number of carbonyl (C=O) groups excluding carboxylic acids is 1. The Hall–Kier alpha value is -2.91. The van der Waals surface area contributed by atoms with Crippen molar-refractivity contribution < 1.29 is 4.79 Å². The molecule has 27 heavy (non-hydrogen) atoms. The number of aliphatic imine (C=N–C) groups is 1. The highest BCUT2D eigenvalue weighted by atomic mass is 35.5. The summed E-state index contributed by atoms with van der Waals surface area (Å²) in [6, 6.07) is 25.5. The molecule has 1 heterocycles. The average molecular weight is 375 g/mol. The second-order valence-corrected chi connectivity index (χ2v) is 6.91. The van der Waals surface area contributed by atoms with Gasteiger partial charge in [-0.1, -0.05) is 72.3 Å². The van der Waals surface area contributed by atoms with Crippen LogP contribution in [0.15, 0.2) is 83.9 Å². The number of Topliss-reactive ketones (excluding diaryl/α,β-unsaturated/α-hetero) is 1. The number of anilines is 1. The van der Waals surface area contributed by atoms with E-state index in [2.05, 4.69) is 29.2 Å². The monoisotopic (exact) mass is 374 g/mol. The predicted molar refractivity (Wildman–Crippen MR) is 111 cm³/mol. The Bertz CT molecular complexity index is 998. The molecule has 0 saturated heterocycles. The molecule has 3 aromatic rings. The summed E-state index contributed by atoms with van der Waals surface area (Å²) in [6.45, 7) is 1.64. The van der Waals surface area contributed by atoms with E-state index in [9.17, 15) is 4.79 Å². The van der Waals surface area contributed by atoms with Gasteiger partial charge < -0.3 is 4.90 Å². The molecule has 4 heteroatoms. The zero-order valence-electron chi connectivity index (χ0n) is 14.8. The third kappa shape index (κ3) is 3.79. The maximum absolute atomic E-state index is 12.8. The van der Waals surface area contributed by atoms with E-state index in [4.69, 9.17) is 16.6 Å². The average Bonchev–Trinajstić information content (AvgIpc) is 2.88. The molecular formula is C23H19ClN2O. The summed E-state index contributed by atoms with van der Waals surface area (Å²) in [5.41, 5.74) is 4.79. The minimum atomic E-state index is 0.0514. The van der Waals surface area contributed by atoms with E-state index in [0.29, 0.717) is 30.2 Å². The topological polar surface area (TPSA) is 32.7 Å². The summed E-state index contributed by atoms with van der Waals surface area (Å²) in [7, 11) is 0. The summed E-state index contributed by atoms with van der Waals surface area (Å²) in [4.78, 5) is 19.7. The van der Waals surface area contributed by atoms with Gasteiger partial charge >= 0.3 is 0 Å². The molecule has 1 aliphatic heterocycles. The third-order valence-corrected chi connectivity index (χ3v) is 4.90. The third-order valence-electron chi connectivity index (χ3n) is 4.67. The smallest absolute Gasteiger partial charge is 0.182 e. The number of hydrogen-bond acceptors (Lipinski definition) is 3. The molecule has 0 radical (unpaired) electrons. The zero-order chi connectivity index (χ0) is 18.6. The van der Waals surface area contributed by atoms with Crippen molar-refractivity contribution in [2.75, 3.05) is 24.5 Å². The Morgan fingerprint density at radius 3 is 2.56 bits per heavy atom. The van der Waals surface area contributed by atoms with Crippen molar-refractivity contribution in [1.82, 2.24) is 0 Å². The molecule has 0 saturated carbocycles. The molecule has 0 N–H and O–H groups in total. The van der Waals surface area contributed by atoms with E-state index >= 15 is 0 Å². The lowest BCUT2D eigenvalue weighted by molar-refractivity contribution is 0.0999. The van der Waals surface area contributed by atoms with Gasteiger partial charge in [-0.15, -0.1) is 0 Å². The van der Waals surface area contributed by atoms with Crippen LogP contribution in [0.1, 0.15) is 21.5 Å². The molecule has 0 unspecified atom stereocenters. The van der Waals surface area contributed by atoms with Crippen LogP contribution in [-0.4, -0.2) is 31.1 Å². The molecule has 0 bridgehead atoms. The summed E-state index contributed by atoms with van der Waals surface area (Å²) in [6.07, 6.45) is 0. The van der Waals surface area contributed by atoms with Gasteiger partial charge in [0.05, 0.1) is 18.8 Å². The Labute approximate surface area is 163 Å². The largest absolute Gasteiger partial charge is 0.361 e. The second-order valence-electron chi connectivity index (χ2n) is 6.47. The van der Waals surface area contributed by atoms with Crippen molar-refractivity contribution in [2.24, 2.45) is 4.99 Å². The first kappa shape index (κ1) is 17.5. The zero-order valence-corrected chi connectivity index (χ0v) is 15.6. The van der Waals surface area contributed by atoms with Gasteiger partial charge in [-0.2, -0.15) is 0 Å².